The highest BCUT2D eigenvalue weighted by Crippen LogP contribution is 2.36. The first-order valence-corrected chi connectivity index (χ1v) is 13.3. The zero-order chi connectivity index (χ0) is 27.5. The van der Waals surface area contributed by atoms with Gasteiger partial charge in [0.25, 0.3) is 12.3 Å². The average molecular weight is 536 g/mol. The molecule has 1 atom stereocenters. The molecule has 2 N–H and O–H groups in total. The molecule has 0 bridgehead atoms. The number of amides is 1. The van der Waals surface area contributed by atoms with Gasteiger partial charge in [0, 0.05) is 5.56 Å². The van der Waals surface area contributed by atoms with Gasteiger partial charge in [0.15, 0.2) is 15.5 Å². The van der Waals surface area contributed by atoms with Gasteiger partial charge in [-0.3, -0.25) is 4.79 Å². The smallest absolute Gasteiger partial charge is 0.272 e. The number of hydrogen-bond acceptors (Lipinski definition) is 6. The number of sulfone groups is 1. The van der Waals surface area contributed by atoms with Crippen LogP contribution in [0.4, 0.5) is 8.78 Å². The quantitative estimate of drug-likeness (QED) is 0.402. The van der Waals surface area contributed by atoms with Gasteiger partial charge in [-0.15, -0.1) is 0 Å². The summed E-state index contributed by atoms with van der Waals surface area (Å²) in [6.45, 7) is 8.18. The Morgan fingerprint density at radius 1 is 1.14 bits per heavy atom. The molecule has 2 aromatic carbocycles. The molecule has 1 amide bonds. The fourth-order valence-electron chi connectivity index (χ4n) is 3.66. The Hall–Kier alpha value is -3.31. The highest BCUT2D eigenvalue weighted by Gasteiger charge is 2.30. The van der Waals surface area contributed by atoms with Crippen LogP contribution >= 0.6 is 0 Å². The van der Waals surface area contributed by atoms with Gasteiger partial charge < -0.3 is 15.2 Å². The van der Waals surface area contributed by atoms with Gasteiger partial charge in [0.2, 0.25) is 5.88 Å². The first kappa shape index (κ1) is 28.3. The summed E-state index contributed by atoms with van der Waals surface area (Å²) in [5.41, 5.74) is -0.111. The standard InChI is InChI=1S/C26H31F2N3O5S/c1-6-37(34,35)18-13-11-17(12-14-18)20(15-32)29-24(33)22-16(2)25(31(30-22)26(3,4)5)36-21-10-8-7-9-19(21)23(27)28/h7-14,20,23,32H,6,15H2,1-5H3,(H,29,33). The summed E-state index contributed by atoms with van der Waals surface area (Å²) in [5.74, 6) is -0.570. The minimum Gasteiger partial charge on any atom is -0.438 e. The number of rotatable bonds is 9. The van der Waals surface area contributed by atoms with E-state index >= 15 is 0 Å². The van der Waals surface area contributed by atoms with Gasteiger partial charge in [0.1, 0.15) is 5.75 Å². The average Bonchev–Trinajstić information content (AvgIpc) is 3.19. The Morgan fingerprint density at radius 2 is 1.76 bits per heavy atom. The Bertz CT molecular complexity index is 1360. The number of aromatic nitrogens is 2. The number of nitrogens with one attached hydrogen (secondary N) is 1. The number of hydrogen-bond donors (Lipinski definition) is 2. The lowest BCUT2D eigenvalue weighted by atomic mass is 10.1. The number of aliphatic hydroxyl groups is 1. The minimum atomic E-state index is -3.39. The van der Waals surface area contributed by atoms with Crippen LogP contribution in [0.25, 0.3) is 0 Å². The lowest BCUT2D eigenvalue weighted by Gasteiger charge is -2.22. The number of para-hydroxylation sites is 1. The molecule has 200 valence electrons. The molecule has 3 rings (SSSR count). The van der Waals surface area contributed by atoms with E-state index in [2.05, 4.69) is 10.4 Å². The van der Waals surface area contributed by atoms with Crippen molar-refractivity contribution in [1.29, 1.82) is 0 Å². The highest BCUT2D eigenvalue weighted by molar-refractivity contribution is 7.91. The maximum absolute atomic E-state index is 13.5. The van der Waals surface area contributed by atoms with Gasteiger partial charge in [-0.1, -0.05) is 31.2 Å². The summed E-state index contributed by atoms with van der Waals surface area (Å²) < 4.78 is 58.6. The molecule has 0 saturated heterocycles. The number of nitrogens with zero attached hydrogens (tertiary/aromatic N) is 2. The monoisotopic (exact) mass is 535 g/mol. The van der Waals surface area contributed by atoms with Crippen molar-refractivity contribution < 1.29 is 31.8 Å². The van der Waals surface area contributed by atoms with E-state index in [-0.39, 0.29) is 33.5 Å². The molecule has 1 heterocycles. The minimum absolute atomic E-state index is 0.00286. The number of halogens is 2. The molecule has 0 spiro atoms. The van der Waals surface area contributed by atoms with E-state index in [1.165, 1.54) is 47.1 Å². The van der Waals surface area contributed by atoms with Crippen LogP contribution in [0, 0.1) is 6.92 Å². The second-order valence-electron chi connectivity index (χ2n) is 9.48. The van der Waals surface area contributed by atoms with Crippen LogP contribution in [0.5, 0.6) is 11.6 Å². The second kappa shape index (κ2) is 11.0. The zero-order valence-corrected chi connectivity index (χ0v) is 22.1. The molecule has 37 heavy (non-hydrogen) atoms. The maximum atomic E-state index is 13.5. The number of ether oxygens (including phenoxy) is 1. The Kier molecular flexibility index (Phi) is 8.38. The first-order chi connectivity index (χ1) is 17.3. The third kappa shape index (κ3) is 6.16. The normalized spacial score (nSPS) is 13.0. The van der Waals surface area contributed by atoms with Gasteiger partial charge in [-0.2, -0.15) is 5.10 Å². The third-order valence-electron chi connectivity index (χ3n) is 5.79. The maximum Gasteiger partial charge on any atom is 0.272 e. The van der Waals surface area contributed by atoms with Gasteiger partial charge >= 0.3 is 0 Å². The van der Waals surface area contributed by atoms with Crippen LogP contribution in [0.2, 0.25) is 0 Å². The zero-order valence-electron chi connectivity index (χ0n) is 21.3. The molecule has 0 aliphatic carbocycles. The number of carbonyl (C=O) groups excluding carboxylic acids is 1. The van der Waals surface area contributed by atoms with Crippen molar-refractivity contribution in [3.05, 3.63) is 70.9 Å². The second-order valence-corrected chi connectivity index (χ2v) is 11.8. The van der Waals surface area contributed by atoms with Crippen LogP contribution in [-0.2, 0) is 15.4 Å². The van der Waals surface area contributed by atoms with E-state index in [9.17, 15) is 27.1 Å². The molecule has 1 aromatic heterocycles. The van der Waals surface area contributed by atoms with Crippen molar-refractivity contribution >= 4 is 15.7 Å². The van der Waals surface area contributed by atoms with Crippen molar-refractivity contribution in [3.63, 3.8) is 0 Å². The molecule has 0 saturated carbocycles. The predicted octanol–water partition coefficient (Wildman–Crippen LogP) is 4.93. The fraction of sp³-hybridized carbons (Fsp3) is 0.385. The van der Waals surface area contributed by atoms with Crippen LogP contribution in [-0.4, -0.2) is 41.6 Å². The summed E-state index contributed by atoms with van der Waals surface area (Å²) in [6, 6.07) is 10.8. The van der Waals surface area contributed by atoms with Crippen molar-refractivity contribution in [2.45, 2.75) is 57.5 Å². The number of aliphatic hydroxyl groups excluding tert-OH is 1. The first-order valence-electron chi connectivity index (χ1n) is 11.7. The molecule has 0 radical (unpaired) electrons. The molecule has 3 aromatic rings. The van der Waals surface area contributed by atoms with E-state index in [0.717, 1.165) is 0 Å². The third-order valence-corrected chi connectivity index (χ3v) is 7.54. The summed E-state index contributed by atoms with van der Waals surface area (Å²) in [7, 11) is -3.39. The SMILES string of the molecule is CCS(=O)(=O)c1ccc(C(CO)NC(=O)c2nn(C(C)(C)C)c(Oc3ccccc3C(F)F)c2C)cc1. The van der Waals surface area contributed by atoms with E-state index < -0.39 is 40.4 Å². The van der Waals surface area contributed by atoms with Crippen LogP contribution in [0.15, 0.2) is 53.4 Å². The van der Waals surface area contributed by atoms with E-state index in [1.807, 2.05) is 20.8 Å². The largest absolute Gasteiger partial charge is 0.438 e. The Balaban J connectivity index is 1.94. The van der Waals surface area contributed by atoms with E-state index in [1.54, 1.807) is 19.9 Å². The van der Waals surface area contributed by atoms with Crippen molar-refractivity contribution in [2.75, 3.05) is 12.4 Å². The summed E-state index contributed by atoms with van der Waals surface area (Å²) in [5, 5.41) is 17.1. The van der Waals surface area contributed by atoms with Crippen molar-refractivity contribution in [1.82, 2.24) is 15.1 Å². The fourth-order valence-corrected chi connectivity index (χ4v) is 4.55. The van der Waals surface area contributed by atoms with Gasteiger partial charge in [-0.25, -0.2) is 21.9 Å². The number of alkyl halides is 2. The summed E-state index contributed by atoms with van der Waals surface area (Å²) in [4.78, 5) is 13.4. The molecular weight excluding hydrogens is 504 g/mol. The molecule has 0 aliphatic heterocycles. The number of benzene rings is 2. The predicted molar refractivity (Wildman–Crippen MR) is 135 cm³/mol. The number of carbonyl (C=O) groups is 1. The van der Waals surface area contributed by atoms with Crippen LogP contribution < -0.4 is 10.1 Å². The van der Waals surface area contributed by atoms with Crippen LogP contribution in [0.1, 0.15) is 67.3 Å². The van der Waals surface area contributed by atoms with Gasteiger partial charge in [0.05, 0.1) is 34.4 Å². The van der Waals surface area contributed by atoms with E-state index in [4.69, 9.17) is 4.74 Å². The molecular formula is C26H31F2N3O5S. The topological polar surface area (TPSA) is 111 Å². The molecule has 8 nitrogen and oxygen atoms in total. The highest BCUT2D eigenvalue weighted by atomic mass is 32.2. The van der Waals surface area contributed by atoms with Crippen molar-refractivity contribution in [2.24, 2.45) is 0 Å². The lowest BCUT2D eigenvalue weighted by molar-refractivity contribution is 0.0909. The lowest BCUT2D eigenvalue weighted by Crippen LogP contribution is -2.32. The molecule has 1 unspecified atom stereocenters. The summed E-state index contributed by atoms with van der Waals surface area (Å²) in [6.07, 6.45) is -2.76. The summed E-state index contributed by atoms with van der Waals surface area (Å²) >= 11 is 0. The Labute approximate surface area is 215 Å². The van der Waals surface area contributed by atoms with E-state index in [0.29, 0.717) is 11.1 Å². The molecule has 0 fully saturated rings. The van der Waals surface area contributed by atoms with Crippen molar-refractivity contribution in [3.8, 4) is 11.6 Å². The van der Waals surface area contributed by atoms with Crippen LogP contribution in [0.3, 0.4) is 0 Å². The Morgan fingerprint density at radius 3 is 2.30 bits per heavy atom. The van der Waals surface area contributed by atoms with Gasteiger partial charge in [-0.05, 0) is 57.5 Å². The molecule has 0 aliphatic rings. The molecule has 11 heteroatoms.